The summed E-state index contributed by atoms with van der Waals surface area (Å²) < 4.78 is 5.59. The maximum absolute atomic E-state index is 13.4. The van der Waals surface area contributed by atoms with E-state index in [0.29, 0.717) is 6.42 Å². The van der Waals surface area contributed by atoms with Crippen LogP contribution in [0.15, 0.2) is 30.3 Å². The number of rotatable bonds is 5. The molecule has 0 bridgehead atoms. The predicted octanol–water partition coefficient (Wildman–Crippen LogP) is 4.72. The highest BCUT2D eigenvalue weighted by molar-refractivity contribution is 5.96. The summed E-state index contributed by atoms with van der Waals surface area (Å²) in [6.07, 6.45) is 2.26. The van der Waals surface area contributed by atoms with E-state index in [0.717, 1.165) is 24.8 Å². The summed E-state index contributed by atoms with van der Waals surface area (Å²) >= 11 is 0. The van der Waals surface area contributed by atoms with E-state index < -0.39 is 23.8 Å². The van der Waals surface area contributed by atoms with Gasteiger partial charge in [-0.3, -0.25) is 9.63 Å². The van der Waals surface area contributed by atoms with Gasteiger partial charge in [0.2, 0.25) is 0 Å². The number of nitrogens with zero attached hydrogens (tertiary/aromatic N) is 2. The van der Waals surface area contributed by atoms with Gasteiger partial charge in [0.25, 0.3) is 5.91 Å². The number of ether oxygens (including phenoxy) is 1. The summed E-state index contributed by atoms with van der Waals surface area (Å²) in [6, 6.07) is 9.47. The largest absolute Gasteiger partial charge is 0.441 e. The normalized spacial score (nSPS) is 26.3. The molecule has 1 aromatic rings. The molecule has 2 fully saturated rings. The molecule has 6 nitrogen and oxygen atoms in total. The fraction of sp³-hybridized carbons (Fsp3) is 0.667. The van der Waals surface area contributed by atoms with Gasteiger partial charge in [0, 0.05) is 11.1 Å². The zero-order valence-corrected chi connectivity index (χ0v) is 19.4. The van der Waals surface area contributed by atoms with Gasteiger partial charge in [-0.25, -0.2) is 9.69 Å². The van der Waals surface area contributed by atoms with Crippen molar-refractivity contribution in [2.24, 2.45) is 0 Å². The van der Waals surface area contributed by atoms with E-state index in [1.54, 1.807) is 6.92 Å². The third kappa shape index (κ3) is 4.40. The molecular weight excluding hydrogens is 380 g/mol. The molecule has 0 unspecified atom stereocenters. The second-order valence-corrected chi connectivity index (χ2v) is 10.4. The fourth-order valence-corrected chi connectivity index (χ4v) is 4.86. The van der Waals surface area contributed by atoms with Crippen LogP contribution in [-0.2, 0) is 20.8 Å². The number of hydroxylamine groups is 2. The molecule has 2 aliphatic rings. The summed E-state index contributed by atoms with van der Waals surface area (Å²) in [6.45, 7) is 14.0. The number of carbonyl (C=O) groups excluding carboxylic acids is 2. The number of hydrogen-bond donors (Lipinski definition) is 0. The van der Waals surface area contributed by atoms with Crippen molar-refractivity contribution in [1.29, 1.82) is 0 Å². The van der Waals surface area contributed by atoms with Crippen molar-refractivity contribution in [3.63, 3.8) is 0 Å². The van der Waals surface area contributed by atoms with Crippen LogP contribution in [0.5, 0.6) is 0 Å². The number of piperidine rings is 1. The number of imide groups is 1. The van der Waals surface area contributed by atoms with E-state index in [2.05, 4.69) is 27.7 Å². The van der Waals surface area contributed by atoms with Crippen LogP contribution in [-0.4, -0.2) is 50.8 Å². The summed E-state index contributed by atoms with van der Waals surface area (Å²) in [5.74, 6) is -0.358. The second kappa shape index (κ2) is 7.97. The first-order chi connectivity index (χ1) is 13.8. The van der Waals surface area contributed by atoms with Crippen LogP contribution in [0.2, 0.25) is 0 Å². The van der Waals surface area contributed by atoms with Gasteiger partial charge in [-0.15, -0.1) is 0 Å². The van der Waals surface area contributed by atoms with Gasteiger partial charge in [-0.05, 0) is 79.7 Å². The maximum atomic E-state index is 13.4. The van der Waals surface area contributed by atoms with E-state index in [1.807, 2.05) is 49.2 Å². The van der Waals surface area contributed by atoms with Gasteiger partial charge in [-0.1, -0.05) is 30.3 Å². The Labute approximate surface area is 180 Å². The standard InChI is InChI=1S/C24H36N2O4/c1-17(30-26-22(2,3)14-11-15-23(26,4)5)20(27)25-19(24(6,7)29-21(25)28)16-18-12-9-8-10-13-18/h8-10,12-13,17,19H,11,14-16H2,1-7H3/t17-,19-/m0/s1. The van der Waals surface area contributed by atoms with Crippen LogP contribution in [0.1, 0.15) is 73.3 Å². The number of hydrogen-bond acceptors (Lipinski definition) is 5. The second-order valence-electron chi connectivity index (χ2n) is 10.4. The number of carbonyl (C=O) groups is 2. The van der Waals surface area contributed by atoms with Crippen molar-refractivity contribution in [2.75, 3.05) is 0 Å². The highest BCUT2D eigenvalue weighted by Gasteiger charge is 2.52. The molecule has 0 saturated carbocycles. The van der Waals surface area contributed by atoms with Gasteiger partial charge in [-0.2, -0.15) is 5.06 Å². The Morgan fingerprint density at radius 1 is 1.10 bits per heavy atom. The predicted molar refractivity (Wildman–Crippen MR) is 116 cm³/mol. The van der Waals surface area contributed by atoms with Gasteiger partial charge in [0.1, 0.15) is 5.60 Å². The van der Waals surface area contributed by atoms with E-state index in [4.69, 9.17) is 9.57 Å². The van der Waals surface area contributed by atoms with Crippen molar-refractivity contribution in [3.8, 4) is 0 Å². The summed E-state index contributed by atoms with van der Waals surface area (Å²) in [7, 11) is 0. The minimum atomic E-state index is -0.790. The van der Waals surface area contributed by atoms with Crippen LogP contribution in [0, 0.1) is 0 Å². The lowest BCUT2D eigenvalue weighted by Crippen LogP contribution is -2.60. The molecule has 166 valence electrons. The molecule has 0 N–H and O–H groups in total. The maximum Gasteiger partial charge on any atom is 0.417 e. The molecule has 2 heterocycles. The van der Waals surface area contributed by atoms with Gasteiger partial charge in [0.05, 0.1) is 6.04 Å². The summed E-state index contributed by atoms with van der Waals surface area (Å²) in [5.41, 5.74) is -0.0976. The minimum Gasteiger partial charge on any atom is -0.441 e. The van der Waals surface area contributed by atoms with E-state index in [1.165, 1.54) is 4.90 Å². The Bertz CT molecular complexity index is 772. The Balaban J connectivity index is 1.81. The van der Waals surface area contributed by atoms with Crippen LogP contribution in [0.3, 0.4) is 0 Å². The average Bonchev–Trinajstić information content (AvgIpc) is 2.86. The first kappa shape index (κ1) is 22.8. The molecule has 0 aliphatic carbocycles. The zero-order chi connectivity index (χ0) is 22.3. The molecule has 6 heteroatoms. The smallest absolute Gasteiger partial charge is 0.417 e. The first-order valence-electron chi connectivity index (χ1n) is 10.9. The molecule has 1 aromatic carbocycles. The van der Waals surface area contributed by atoms with Crippen LogP contribution in [0.25, 0.3) is 0 Å². The van der Waals surface area contributed by atoms with Crippen molar-refractivity contribution >= 4 is 12.0 Å². The lowest BCUT2D eigenvalue weighted by molar-refractivity contribution is -0.297. The lowest BCUT2D eigenvalue weighted by atomic mass is 9.82. The fourth-order valence-electron chi connectivity index (χ4n) is 4.86. The molecule has 2 atom stereocenters. The van der Waals surface area contributed by atoms with Crippen molar-refractivity contribution in [1.82, 2.24) is 9.96 Å². The number of benzene rings is 1. The average molecular weight is 417 g/mol. The topological polar surface area (TPSA) is 59.1 Å². The van der Waals surface area contributed by atoms with Crippen molar-refractivity contribution in [3.05, 3.63) is 35.9 Å². The Morgan fingerprint density at radius 2 is 1.67 bits per heavy atom. The van der Waals surface area contributed by atoms with Gasteiger partial charge >= 0.3 is 6.09 Å². The Kier molecular flexibility index (Phi) is 6.04. The molecule has 0 aromatic heterocycles. The third-order valence-electron chi connectivity index (χ3n) is 6.46. The first-order valence-corrected chi connectivity index (χ1v) is 10.9. The lowest BCUT2D eigenvalue weighted by Gasteiger charge is -2.52. The highest BCUT2D eigenvalue weighted by Crippen LogP contribution is 2.39. The molecule has 3 rings (SSSR count). The zero-order valence-electron chi connectivity index (χ0n) is 19.4. The van der Waals surface area contributed by atoms with Crippen molar-refractivity contribution in [2.45, 2.75) is 103 Å². The van der Waals surface area contributed by atoms with Crippen LogP contribution in [0.4, 0.5) is 4.79 Å². The third-order valence-corrected chi connectivity index (χ3v) is 6.46. The Morgan fingerprint density at radius 3 is 2.23 bits per heavy atom. The quantitative estimate of drug-likeness (QED) is 0.695. The van der Waals surface area contributed by atoms with E-state index in [-0.39, 0.29) is 17.0 Å². The molecular formula is C24H36N2O4. The molecule has 2 saturated heterocycles. The van der Waals surface area contributed by atoms with Gasteiger partial charge < -0.3 is 4.74 Å². The van der Waals surface area contributed by atoms with Crippen LogP contribution >= 0.6 is 0 Å². The highest BCUT2D eigenvalue weighted by atomic mass is 16.7. The van der Waals surface area contributed by atoms with E-state index >= 15 is 0 Å². The minimum absolute atomic E-state index is 0.190. The summed E-state index contributed by atoms with van der Waals surface area (Å²) in [4.78, 5) is 33.6. The molecule has 2 amide bonds. The molecule has 30 heavy (non-hydrogen) atoms. The SMILES string of the molecule is C[C@H](ON1C(C)(C)CCCC1(C)C)C(=O)N1C(=O)OC(C)(C)[C@@H]1Cc1ccccc1. The van der Waals surface area contributed by atoms with E-state index in [9.17, 15) is 9.59 Å². The Hall–Kier alpha value is -1.92. The molecule has 0 radical (unpaired) electrons. The van der Waals surface area contributed by atoms with Crippen LogP contribution < -0.4 is 0 Å². The molecule has 0 spiro atoms. The number of cyclic esters (lactones) is 1. The number of amides is 2. The monoisotopic (exact) mass is 416 g/mol. The summed E-state index contributed by atoms with van der Waals surface area (Å²) in [5, 5.41) is 1.96. The van der Waals surface area contributed by atoms with Crippen molar-refractivity contribution < 1.29 is 19.2 Å². The van der Waals surface area contributed by atoms with Gasteiger partial charge in [0.15, 0.2) is 6.10 Å². The molecule has 2 aliphatic heterocycles.